The van der Waals surface area contributed by atoms with Crippen molar-refractivity contribution in [2.75, 3.05) is 29.9 Å². The number of benzene rings is 1. The molecule has 0 bridgehead atoms. The number of rotatable bonds is 8. The summed E-state index contributed by atoms with van der Waals surface area (Å²) >= 11 is 5.83. The van der Waals surface area contributed by atoms with E-state index >= 15 is 0 Å². The van der Waals surface area contributed by atoms with Crippen LogP contribution in [0.2, 0.25) is 5.02 Å². The third kappa shape index (κ3) is 6.54. The number of nitrogens with zero attached hydrogens (tertiary/aromatic N) is 4. The molecule has 4 rings (SSSR count). The number of aromatic nitrogens is 2. The van der Waals surface area contributed by atoms with Crippen LogP contribution in [0.4, 0.5) is 21.6 Å². The number of carbonyl (C=O) groups is 2. The molecule has 0 unspecified atom stereocenters. The zero-order valence-corrected chi connectivity index (χ0v) is 25.4. The zero-order valence-electron chi connectivity index (χ0n) is 24.7. The molecule has 222 valence electrons. The predicted molar refractivity (Wildman–Crippen MR) is 163 cm³/mol. The molecule has 11 heteroatoms. The fraction of sp³-hybridized carbons (Fsp3) is 0.387. The topological polar surface area (TPSA) is 123 Å². The van der Waals surface area contributed by atoms with Crippen LogP contribution >= 0.6 is 11.6 Å². The second kappa shape index (κ2) is 12.1. The third-order valence-corrected chi connectivity index (χ3v) is 7.59. The fourth-order valence-electron chi connectivity index (χ4n) is 5.31. The van der Waals surface area contributed by atoms with E-state index in [0.29, 0.717) is 60.2 Å². The summed E-state index contributed by atoms with van der Waals surface area (Å²) in [6, 6.07) is 9.44. The minimum absolute atomic E-state index is 0.00781. The van der Waals surface area contributed by atoms with Gasteiger partial charge in [-0.05, 0) is 82.0 Å². The Hall–Kier alpha value is -4.05. The number of carbonyl (C=O) groups excluding carboxylic acids is 1. The van der Waals surface area contributed by atoms with E-state index < -0.39 is 17.3 Å². The van der Waals surface area contributed by atoms with Gasteiger partial charge in [0.05, 0.1) is 33.2 Å². The molecule has 0 spiro atoms. The van der Waals surface area contributed by atoms with Crippen LogP contribution in [0.1, 0.15) is 71.9 Å². The number of halogens is 2. The van der Waals surface area contributed by atoms with E-state index in [-0.39, 0.29) is 33.8 Å². The van der Waals surface area contributed by atoms with E-state index in [1.54, 1.807) is 43.0 Å². The molecule has 3 N–H and O–H groups in total. The molecule has 1 fully saturated rings. The number of carboxylic acids is 1. The van der Waals surface area contributed by atoms with Crippen molar-refractivity contribution in [2.45, 2.75) is 53.5 Å². The van der Waals surface area contributed by atoms with Crippen molar-refractivity contribution in [3.63, 3.8) is 0 Å². The zero-order chi connectivity index (χ0) is 30.9. The van der Waals surface area contributed by atoms with Gasteiger partial charge in [-0.2, -0.15) is 0 Å². The van der Waals surface area contributed by atoms with Crippen LogP contribution in [0.15, 0.2) is 36.4 Å². The average Bonchev–Trinajstić information content (AvgIpc) is 2.89. The van der Waals surface area contributed by atoms with Crippen molar-refractivity contribution >= 4 is 46.4 Å². The van der Waals surface area contributed by atoms with Crippen LogP contribution in [-0.2, 0) is 0 Å². The molecule has 9 nitrogen and oxygen atoms in total. The van der Waals surface area contributed by atoms with Crippen molar-refractivity contribution in [2.24, 2.45) is 5.92 Å². The van der Waals surface area contributed by atoms with Gasteiger partial charge in [0.1, 0.15) is 23.0 Å². The van der Waals surface area contributed by atoms with Gasteiger partial charge in [0.2, 0.25) is 0 Å². The fourth-order valence-corrected chi connectivity index (χ4v) is 5.42. The molecule has 1 aromatic carbocycles. The maximum Gasteiger partial charge on any atom is 0.337 e. The Morgan fingerprint density at radius 2 is 1.86 bits per heavy atom. The standard InChI is InChI=1S/C31H36ClFN6O3/c1-17(2)13-23(34)28-24(36-20-7-8-21(32)22(33)15-20)9-10-25(37-28)29(40)39-12-11-38(16-31(39,5)6)26-14-18(3)27(30(41)42)19(4)35-26/h7-10,14-15,17,34,36H,11-13,16H2,1-6H3,(H,41,42). The van der Waals surface area contributed by atoms with Crippen molar-refractivity contribution in [3.8, 4) is 0 Å². The van der Waals surface area contributed by atoms with E-state index in [1.807, 2.05) is 27.7 Å². The van der Waals surface area contributed by atoms with E-state index in [4.69, 9.17) is 17.0 Å². The quantitative estimate of drug-likeness (QED) is 0.255. The maximum atomic E-state index is 14.1. The van der Waals surface area contributed by atoms with Crippen LogP contribution in [0.3, 0.4) is 0 Å². The first kappa shape index (κ1) is 30.9. The molecule has 42 heavy (non-hydrogen) atoms. The van der Waals surface area contributed by atoms with Crippen LogP contribution in [-0.4, -0.2) is 62.7 Å². The molecule has 3 aromatic rings. The largest absolute Gasteiger partial charge is 0.478 e. The van der Waals surface area contributed by atoms with Gasteiger partial charge >= 0.3 is 5.97 Å². The van der Waals surface area contributed by atoms with Crippen molar-refractivity contribution in [1.82, 2.24) is 14.9 Å². The van der Waals surface area contributed by atoms with Crippen LogP contribution in [0.25, 0.3) is 0 Å². The van der Waals surface area contributed by atoms with E-state index in [0.717, 1.165) is 0 Å². The molecular formula is C31H36ClFN6O3. The second-order valence-electron chi connectivity index (χ2n) is 11.7. The van der Waals surface area contributed by atoms with Crippen LogP contribution < -0.4 is 10.2 Å². The van der Waals surface area contributed by atoms with Crippen LogP contribution in [0.5, 0.6) is 0 Å². The smallest absolute Gasteiger partial charge is 0.337 e. The normalized spacial score (nSPS) is 14.7. The molecule has 1 aliphatic rings. The number of pyridine rings is 2. The lowest BCUT2D eigenvalue weighted by Crippen LogP contribution is -2.61. The molecule has 1 saturated heterocycles. The number of carboxylic acid groups (broad SMARTS) is 1. The van der Waals surface area contributed by atoms with E-state index in [9.17, 15) is 19.1 Å². The Labute approximate surface area is 250 Å². The number of piperazine rings is 1. The van der Waals surface area contributed by atoms with Gasteiger partial charge in [-0.15, -0.1) is 0 Å². The van der Waals surface area contributed by atoms with Gasteiger partial charge in [0.25, 0.3) is 5.91 Å². The van der Waals surface area contributed by atoms with Gasteiger partial charge < -0.3 is 25.6 Å². The molecular weight excluding hydrogens is 559 g/mol. The highest BCUT2D eigenvalue weighted by Crippen LogP contribution is 2.30. The van der Waals surface area contributed by atoms with Crippen molar-refractivity contribution in [1.29, 1.82) is 5.41 Å². The summed E-state index contributed by atoms with van der Waals surface area (Å²) in [6.45, 7) is 12.8. The minimum Gasteiger partial charge on any atom is -0.478 e. The Morgan fingerprint density at radius 1 is 1.14 bits per heavy atom. The Kier molecular flexibility index (Phi) is 8.87. The third-order valence-electron chi connectivity index (χ3n) is 7.28. The number of hydrogen-bond acceptors (Lipinski definition) is 7. The van der Waals surface area contributed by atoms with Crippen molar-refractivity contribution < 1.29 is 19.1 Å². The van der Waals surface area contributed by atoms with Gasteiger partial charge in [-0.1, -0.05) is 25.4 Å². The first-order chi connectivity index (χ1) is 19.7. The van der Waals surface area contributed by atoms with E-state index in [1.165, 1.54) is 12.1 Å². The number of aromatic carboxylic acids is 1. The molecule has 3 heterocycles. The number of nitrogens with one attached hydrogen (secondary N) is 2. The predicted octanol–water partition coefficient (Wildman–Crippen LogP) is 6.48. The van der Waals surface area contributed by atoms with Gasteiger partial charge in [0, 0.05) is 25.3 Å². The summed E-state index contributed by atoms with van der Waals surface area (Å²) < 4.78 is 14.1. The summed E-state index contributed by atoms with van der Waals surface area (Å²) in [7, 11) is 0. The highest BCUT2D eigenvalue weighted by Gasteiger charge is 2.38. The van der Waals surface area contributed by atoms with Gasteiger partial charge in [-0.25, -0.2) is 19.2 Å². The number of aryl methyl sites for hydroxylation is 2. The second-order valence-corrected chi connectivity index (χ2v) is 12.1. The molecule has 0 aliphatic carbocycles. The molecule has 0 atom stereocenters. The average molecular weight is 595 g/mol. The molecule has 0 radical (unpaired) electrons. The van der Waals surface area contributed by atoms with Crippen molar-refractivity contribution in [3.05, 3.63) is 75.4 Å². The van der Waals surface area contributed by atoms with Gasteiger partial charge in [0.15, 0.2) is 0 Å². The summed E-state index contributed by atoms with van der Waals surface area (Å²) in [5.74, 6) is -0.970. The molecule has 2 aromatic heterocycles. The Bertz CT molecular complexity index is 1530. The molecule has 1 amide bonds. The number of anilines is 3. The lowest BCUT2D eigenvalue weighted by molar-refractivity contribution is 0.0506. The number of hydrogen-bond donors (Lipinski definition) is 3. The highest BCUT2D eigenvalue weighted by atomic mass is 35.5. The minimum atomic E-state index is -1.00. The maximum absolute atomic E-state index is 14.1. The first-order valence-electron chi connectivity index (χ1n) is 13.8. The monoisotopic (exact) mass is 594 g/mol. The SMILES string of the molecule is Cc1cc(N2CCN(C(=O)c3ccc(Nc4ccc(Cl)c(F)c4)c(C(=N)CC(C)C)n3)C(C)(C)C2)nc(C)c1C(=O)O. The summed E-state index contributed by atoms with van der Waals surface area (Å²) in [6.07, 6.45) is 0.449. The number of amides is 1. The Morgan fingerprint density at radius 3 is 2.45 bits per heavy atom. The summed E-state index contributed by atoms with van der Waals surface area (Å²) in [4.78, 5) is 38.5. The van der Waals surface area contributed by atoms with Crippen LogP contribution in [0, 0.1) is 31.0 Å². The summed E-state index contributed by atoms with van der Waals surface area (Å²) in [5, 5.41) is 21.4. The van der Waals surface area contributed by atoms with Gasteiger partial charge in [-0.3, -0.25) is 4.79 Å². The lowest BCUT2D eigenvalue weighted by atomic mass is 9.97. The van der Waals surface area contributed by atoms with E-state index in [2.05, 4.69) is 20.2 Å². The first-order valence-corrected chi connectivity index (χ1v) is 14.1. The summed E-state index contributed by atoms with van der Waals surface area (Å²) in [5.41, 5.74) is 2.43. The Balaban J connectivity index is 1.60. The molecule has 0 saturated carbocycles. The highest BCUT2D eigenvalue weighted by molar-refractivity contribution is 6.30. The molecule has 1 aliphatic heterocycles. The lowest BCUT2D eigenvalue weighted by Gasteiger charge is -2.47.